The highest BCUT2D eigenvalue weighted by Crippen LogP contribution is 2.27. The van der Waals surface area contributed by atoms with E-state index < -0.39 is 0 Å². The Morgan fingerprint density at radius 1 is 1.06 bits per heavy atom. The van der Waals surface area contributed by atoms with Crippen molar-refractivity contribution in [2.45, 2.75) is 0 Å². The van der Waals surface area contributed by atoms with Gasteiger partial charge in [0.25, 0.3) is 0 Å². The molecule has 3 nitrogen and oxygen atoms in total. The number of benzene rings is 2. The summed E-state index contributed by atoms with van der Waals surface area (Å²) in [4.78, 5) is 2.07. The Hall–Kier alpha value is -1.68. The average Bonchev–Trinajstić information content (AvgIpc) is 2.33. The van der Waals surface area contributed by atoms with E-state index in [1.807, 2.05) is 44.4 Å². The normalized spacial score (nSPS) is 10.2. The standard InChI is InChI=1S/C14H16BrN3/c1-18(2)12-6-4-11(5-7-12)17-14-8-3-10(15)9-13(14)16/h3-9,17H,16H2,1-2H3. The number of nitrogen functional groups attached to an aromatic ring is 1. The molecule has 18 heavy (non-hydrogen) atoms. The van der Waals surface area contributed by atoms with Crippen molar-refractivity contribution in [2.75, 3.05) is 30.0 Å². The van der Waals surface area contributed by atoms with E-state index in [-0.39, 0.29) is 0 Å². The van der Waals surface area contributed by atoms with Gasteiger partial charge in [-0.15, -0.1) is 0 Å². The van der Waals surface area contributed by atoms with Crippen molar-refractivity contribution < 1.29 is 0 Å². The smallest absolute Gasteiger partial charge is 0.0618 e. The number of nitrogens with one attached hydrogen (secondary N) is 1. The van der Waals surface area contributed by atoms with Crippen molar-refractivity contribution in [1.82, 2.24) is 0 Å². The Morgan fingerprint density at radius 2 is 1.72 bits per heavy atom. The monoisotopic (exact) mass is 305 g/mol. The molecule has 0 unspecified atom stereocenters. The number of halogens is 1. The van der Waals surface area contributed by atoms with Crippen molar-refractivity contribution in [3.8, 4) is 0 Å². The maximum Gasteiger partial charge on any atom is 0.0618 e. The first kappa shape index (κ1) is 12.8. The fourth-order valence-electron chi connectivity index (χ4n) is 1.65. The summed E-state index contributed by atoms with van der Waals surface area (Å²) in [6.45, 7) is 0. The maximum atomic E-state index is 5.95. The van der Waals surface area contributed by atoms with Crippen LogP contribution in [0.3, 0.4) is 0 Å². The fraction of sp³-hybridized carbons (Fsp3) is 0.143. The molecular formula is C14H16BrN3. The Bertz CT molecular complexity index is 535. The van der Waals surface area contributed by atoms with Gasteiger partial charge in [0, 0.05) is 29.9 Å². The first-order valence-electron chi connectivity index (χ1n) is 5.66. The van der Waals surface area contributed by atoms with Gasteiger partial charge >= 0.3 is 0 Å². The van der Waals surface area contributed by atoms with Gasteiger partial charge in [-0.1, -0.05) is 15.9 Å². The quantitative estimate of drug-likeness (QED) is 0.847. The second kappa shape index (κ2) is 5.31. The van der Waals surface area contributed by atoms with Crippen molar-refractivity contribution >= 4 is 38.7 Å². The van der Waals surface area contributed by atoms with Crippen LogP contribution in [0, 0.1) is 0 Å². The molecule has 0 atom stereocenters. The highest BCUT2D eigenvalue weighted by molar-refractivity contribution is 9.10. The topological polar surface area (TPSA) is 41.3 Å². The van der Waals surface area contributed by atoms with Crippen LogP contribution in [0.2, 0.25) is 0 Å². The summed E-state index contributed by atoms with van der Waals surface area (Å²) in [7, 11) is 4.05. The molecule has 94 valence electrons. The summed E-state index contributed by atoms with van der Waals surface area (Å²) >= 11 is 3.39. The van der Waals surface area contributed by atoms with Crippen LogP contribution in [0.1, 0.15) is 0 Å². The number of nitrogens with two attached hydrogens (primary N) is 1. The highest BCUT2D eigenvalue weighted by atomic mass is 79.9. The van der Waals surface area contributed by atoms with E-state index in [9.17, 15) is 0 Å². The van der Waals surface area contributed by atoms with Gasteiger partial charge < -0.3 is 16.0 Å². The molecule has 0 spiro atoms. The van der Waals surface area contributed by atoms with Gasteiger partial charge in [0.1, 0.15) is 0 Å². The molecule has 2 aromatic carbocycles. The van der Waals surface area contributed by atoms with Gasteiger partial charge in [0.05, 0.1) is 11.4 Å². The van der Waals surface area contributed by atoms with Crippen LogP contribution in [-0.4, -0.2) is 14.1 Å². The van der Waals surface area contributed by atoms with Crippen LogP contribution >= 0.6 is 15.9 Å². The molecule has 0 aromatic heterocycles. The second-order valence-corrected chi connectivity index (χ2v) is 5.21. The lowest BCUT2D eigenvalue weighted by atomic mass is 10.2. The van der Waals surface area contributed by atoms with Crippen molar-refractivity contribution in [3.63, 3.8) is 0 Å². The predicted molar refractivity (Wildman–Crippen MR) is 82.6 cm³/mol. The molecule has 0 fully saturated rings. The molecule has 4 heteroatoms. The number of nitrogens with zero attached hydrogens (tertiary/aromatic N) is 1. The number of hydrogen-bond acceptors (Lipinski definition) is 3. The fourth-order valence-corrected chi connectivity index (χ4v) is 2.02. The van der Waals surface area contributed by atoms with E-state index in [1.54, 1.807) is 0 Å². The van der Waals surface area contributed by atoms with Gasteiger partial charge in [0.15, 0.2) is 0 Å². The molecule has 0 radical (unpaired) electrons. The Balaban J connectivity index is 2.18. The van der Waals surface area contributed by atoms with Crippen molar-refractivity contribution in [3.05, 3.63) is 46.9 Å². The van der Waals surface area contributed by atoms with Crippen molar-refractivity contribution in [2.24, 2.45) is 0 Å². The SMILES string of the molecule is CN(C)c1ccc(Nc2ccc(Br)cc2N)cc1. The summed E-state index contributed by atoms with van der Waals surface area (Å²) in [6, 6.07) is 14.0. The molecule has 0 bridgehead atoms. The third-order valence-corrected chi connectivity index (χ3v) is 3.17. The third-order valence-electron chi connectivity index (χ3n) is 2.68. The molecule has 0 aliphatic rings. The van der Waals surface area contributed by atoms with E-state index in [0.29, 0.717) is 0 Å². The zero-order chi connectivity index (χ0) is 13.1. The van der Waals surface area contributed by atoms with Gasteiger partial charge in [-0.2, -0.15) is 0 Å². The summed E-state index contributed by atoms with van der Waals surface area (Å²) in [5.74, 6) is 0. The van der Waals surface area contributed by atoms with Crippen LogP contribution in [0.15, 0.2) is 46.9 Å². The van der Waals surface area contributed by atoms with Gasteiger partial charge in [-0.05, 0) is 42.5 Å². The second-order valence-electron chi connectivity index (χ2n) is 4.30. The van der Waals surface area contributed by atoms with Crippen LogP contribution in [-0.2, 0) is 0 Å². The zero-order valence-electron chi connectivity index (χ0n) is 10.4. The molecule has 2 rings (SSSR count). The van der Waals surface area contributed by atoms with Crippen LogP contribution < -0.4 is 16.0 Å². The lowest BCUT2D eigenvalue weighted by Gasteiger charge is -2.14. The first-order valence-corrected chi connectivity index (χ1v) is 6.45. The molecule has 3 N–H and O–H groups in total. The number of hydrogen-bond donors (Lipinski definition) is 2. The molecule has 2 aromatic rings. The lowest BCUT2D eigenvalue weighted by molar-refractivity contribution is 1.13. The average molecular weight is 306 g/mol. The molecule has 0 amide bonds. The first-order chi connectivity index (χ1) is 8.56. The highest BCUT2D eigenvalue weighted by Gasteiger charge is 2.01. The largest absolute Gasteiger partial charge is 0.397 e. The van der Waals surface area contributed by atoms with Gasteiger partial charge in [0.2, 0.25) is 0 Å². The summed E-state index contributed by atoms with van der Waals surface area (Å²) in [5, 5.41) is 3.30. The minimum absolute atomic E-state index is 0.723. The minimum atomic E-state index is 0.723. The Kier molecular flexibility index (Phi) is 3.77. The van der Waals surface area contributed by atoms with Crippen LogP contribution in [0.25, 0.3) is 0 Å². The molecule has 0 saturated heterocycles. The summed E-state index contributed by atoms with van der Waals surface area (Å²) < 4.78 is 0.980. The van der Waals surface area contributed by atoms with Gasteiger partial charge in [-0.3, -0.25) is 0 Å². The van der Waals surface area contributed by atoms with Crippen molar-refractivity contribution in [1.29, 1.82) is 0 Å². The van der Waals surface area contributed by atoms with E-state index in [0.717, 1.165) is 21.5 Å². The molecule has 0 aliphatic heterocycles. The molecular weight excluding hydrogens is 290 g/mol. The van der Waals surface area contributed by atoms with Crippen LogP contribution in [0.5, 0.6) is 0 Å². The maximum absolute atomic E-state index is 5.95. The van der Waals surface area contributed by atoms with Gasteiger partial charge in [-0.25, -0.2) is 0 Å². The Morgan fingerprint density at radius 3 is 2.28 bits per heavy atom. The minimum Gasteiger partial charge on any atom is -0.397 e. The molecule has 0 heterocycles. The lowest BCUT2D eigenvalue weighted by Crippen LogP contribution is -2.08. The third kappa shape index (κ3) is 2.96. The summed E-state index contributed by atoms with van der Waals surface area (Å²) in [6.07, 6.45) is 0. The van der Waals surface area contributed by atoms with E-state index in [2.05, 4.69) is 38.3 Å². The van der Waals surface area contributed by atoms with Crippen LogP contribution in [0.4, 0.5) is 22.7 Å². The zero-order valence-corrected chi connectivity index (χ0v) is 12.0. The van der Waals surface area contributed by atoms with E-state index in [4.69, 9.17) is 5.73 Å². The summed E-state index contributed by atoms with van der Waals surface area (Å²) in [5.41, 5.74) is 9.78. The van der Waals surface area contributed by atoms with E-state index in [1.165, 1.54) is 5.69 Å². The number of rotatable bonds is 3. The number of anilines is 4. The van der Waals surface area contributed by atoms with E-state index >= 15 is 0 Å². The molecule has 0 saturated carbocycles. The Labute approximate surface area is 116 Å². The predicted octanol–water partition coefficient (Wildman–Crippen LogP) is 3.84. The molecule has 0 aliphatic carbocycles.